The van der Waals surface area contributed by atoms with Gasteiger partial charge in [0.15, 0.2) is 0 Å². The molecule has 0 aromatic heterocycles. The largest absolute Gasteiger partial charge is 0.312 e. The molecule has 0 radical (unpaired) electrons. The van der Waals surface area contributed by atoms with Crippen LogP contribution in [0.2, 0.25) is 0 Å². The van der Waals surface area contributed by atoms with Crippen molar-refractivity contribution in [1.29, 1.82) is 0 Å². The van der Waals surface area contributed by atoms with Gasteiger partial charge in [0.05, 0.1) is 0 Å². The molecule has 0 saturated carbocycles. The highest BCUT2D eigenvalue weighted by molar-refractivity contribution is 4.80. The van der Waals surface area contributed by atoms with Gasteiger partial charge >= 0.3 is 0 Å². The molecule has 0 bridgehead atoms. The molecular formula is C15H32N2. The van der Waals surface area contributed by atoms with Crippen LogP contribution in [0.25, 0.3) is 0 Å². The Morgan fingerprint density at radius 3 is 2.35 bits per heavy atom. The van der Waals surface area contributed by atoms with Crippen molar-refractivity contribution >= 4 is 0 Å². The van der Waals surface area contributed by atoms with Gasteiger partial charge in [0.25, 0.3) is 0 Å². The van der Waals surface area contributed by atoms with Gasteiger partial charge in [-0.3, -0.25) is 4.90 Å². The number of nitrogens with one attached hydrogen (secondary N) is 1. The van der Waals surface area contributed by atoms with Gasteiger partial charge in [-0.1, -0.05) is 27.7 Å². The first-order valence-electron chi connectivity index (χ1n) is 7.55. The second-order valence-electron chi connectivity index (χ2n) is 6.01. The van der Waals surface area contributed by atoms with E-state index < -0.39 is 0 Å². The van der Waals surface area contributed by atoms with E-state index in [1.54, 1.807) is 0 Å². The normalized spacial score (nSPS) is 28.6. The van der Waals surface area contributed by atoms with Crippen LogP contribution in [-0.2, 0) is 0 Å². The molecule has 3 atom stereocenters. The number of likely N-dealkylation sites (tertiary alicyclic amines) is 1. The third kappa shape index (κ3) is 4.59. The van der Waals surface area contributed by atoms with Crippen LogP contribution in [0, 0.1) is 11.8 Å². The Balaban J connectivity index is 2.30. The van der Waals surface area contributed by atoms with Gasteiger partial charge in [0.2, 0.25) is 0 Å². The van der Waals surface area contributed by atoms with Crippen molar-refractivity contribution in [3.8, 4) is 0 Å². The highest BCUT2D eigenvalue weighted by atomic mass is 15.2. The third-order valence-electron chi connectivity index (χ3n) is 4.68. The van der Waals surface area contributed by atoms with Crippen molar-refractivity contribution in [2.24, 2.45) is 11.8 Å². The molecule has 0 amide bonds. The van der Waals surface area contributed by atoms with Gasteiger partial charge in [-0.05, 0) is 44.6 Å². The van der Waals surface area contributed by atoms with E-state index in [9.17, 15) is 0 Å². The maximum Gasteiger partial charge on any atom is 0.0192 e. The van der Waals surface area contributed by atoms with Crippen molar-refractivity contribution in [2.75, 3.05) is 19.6 Å². The van der Waals surface area contributed by atoms with Gasteiger partial charge < -0.3 is 5.32 Å². The second-order valence-corrected chi connectivity index (χ2v) is 6.01. The lowest BCUT2D eigenvalue weighted by Crippen LogP contribution is -2.48. The van der Waals surface area contributed by atoms with Gasteiger partial charge in [-0.15, -0.1) is 0 Å². The first-order chi connectivity index (χ1) is 8.08. The quantitative estimate of drug-likeness (QED) is 0.767. The number of hydrogen-bond acceptors (Lipinski definition) is 2. The molecular weight excluding hydrogens is 208 g/mol. The fourth-order valence-corrected chi connectivity index (χ4v) is 2.74. The highest BCUT2D eigenvalue weighted by Crippen LogP contribution is 2.23. The molecule has 0 aliphatic carbocycles. The summed E-state index contributed by atoms with van der Waals surface area (Å²) in [5.74, 6) is 1.77. The topological polar surface area (TPSA) is 15.3 Å². The van der Waals surface area contributed by atoms with Crippen molar-refractivity contribution in [3.63, 3.8) is 0 Å². The highest BCUT2D eigenvalue weighted by Gasteiger charge is 2.25. The second kappa shape index (κ2) is 7.38. The smallest absolute Gasteiger partial charge is 0.0192 e. The van der Waals surface area contributed by atoms with E-state index >= 15 is 0 Å². The summed E-state index contributed by atoms with van der Waals surface area (Å²) in [6.45, 7) is 15.4. The first kappa shape index (κ1) is 15.0. The van der Waals surface area contributed by atoms with Gasteiger partial charge in [-0.2, -0.15) is 0 Å². The van der Waals surface area contributed by atoms with Crippen molar-refractivity contribution in [1.82, 2.24) is 10.2 Å². The van der Waals surface area contributed by atoms with Gasteiger partial charge in [-0.25, -0.2) is 0 Å². The summed E-state index contributed by atoms with van der Waals surface area (Å²) < 4.78 is 0. The lowest BCUT2D eigenvalue weighted by Gasteiger charge is -2.39. The predicted molar refractivity (Wildman–Crippen MR) is 76.4 cm³/mol. The summed E-state index contributed by atoms with van der Waals surface area (Å²) in [6, 6.07) is 1.39. The third-order valence-corrected chi connectivity index (χ3v) is 4.68. The Hall–Kier alpha value is -0.0800. The Kier molecular flexibility index (Phi) is 6.50. The Labute approximate surface area is 108 Å². The van der Waals surface area contributed by atoms with Crippen LogP contribution in [0.1, 0.15) is 53.9 Å². The molecule has 2 heteroatoms. The van der Waals surface area contributed by atoms with E-state index in [4.69, 9.17) is 0 Å². The van der Waals surface area contributed by atoms with E-state index in [-0.39, 0.29) is 0 Å². The summed E-state index contributed by atoms with van der Waals surface area (Å²) in [5.41, 5.74) is 0. The standard InChI is InChI=1S/C15H32N2/c1-6-15(7-2)16-10-14(5)17-9-8-12(3)13(4)11-17/h12-16H,6-11H2,1-5H3. The summed E-state index contributed by atoms with van der Waals surface area (Å²) in [4.78, 5) is 2.67. The number of piperidine rings is 1. The Morgan fingerprint density at radius 2 is 1.82 bits per heavy atom. The van der Waals surface area contributed by atoms with E-state index in [1.807, 2.05) is 0 Å². The predicted octanol–water partition coefficient (Wildman–Crippen LogP) is 3.13. The van der Waals surface area contributed by atoms with Crippen LogP contribution in [0.3, 0.4) is 0 Å². The molecule has 2 nitrogen and oxygen atoms in total. The monoisotopic (exact) mass is 240 g/mol. The minimum absolute atomic E-state index is 0.686. The zero-order valence-corrected chi connectivity index (χ0v) is 12.5. The average Bonchev–Trinajstić information content (AvgIpc) is 2.33. The molecule has 1 heterocycles. The summed E-state index contributed by atoms with van der Waals surface area (Å²) in [7, 11) is 0. The lowest BCUT2D eigenvalue weighted by molar-refractivity contribution is 0.100. The molecule has 102 valence electrons. The zero-order chi connectivity index (χ0) is 12.8. The molecule has 3 unspecified atom stereocenters. The maximum absolute atomic E-state index is 3.70. The first-order valence-corrected chi connectivity index (χ1v) is 7.55. The van der Waals surface area contributed by atoms with Crippen molar-refractivity contribution < 1.29 is 0 Å². The van der Waals surface area contributed by atoms with E-state index in [0.717, 1.165) is 18.4 Å². The van der Waals surface area contributed by atoms with Gasteiger partial charge in [0, 0.05) is 25.2 Å². The molecule has 1 aliphatic rings. The molecule has 0 spiro atoms. The molecule has 17 heavy (non-hydrogen) atoms. The fourth-order valence-electron chi connectivity index (χ4n) is 2.74. The minimum atomic E-state index is 0.686. The van der Waals surface area contributed by atoms with Crippen LogP contribution >= 0.6 is 0 Å². The van der Waals surface area contributed by atoms with Crippen LogP contribution in [-0.4, -0.2) is 36.6 Å². The molecule has 1 rings (SSSR count). The lowest BCUT2D eigenvalue weighted by atomic mass is 9.88. The van der Waals surface area contributed by atoms with Crippen molar-refractivity contribution in [3.05, 3.63) is 0 Å². The number of rotatable bonds is 6. The minimum Gasteiger partial charge on any atom is -0.312 e. The van der Waals surface area contributed by atoms with E-state index in [2.05, 4.69) is 44.8 Å². The maximum atomic E-state index is 3.70. The molecule has 1 fully saturated rings. The van der Waals surface area contributed by atoms with Gasteiger partial charge in [0.1, 0.15) is 0 Å². The summed E-state index contributed by atoms with van der Waals surface area (Å²) >= 11 is 0. The summed E-state index contributed by atoms with van der Waals surface area (Å²) in [6.07, 6.45) is 3.86. The average molecular weight is 240 g/mol. The summed E-state index contributed by atoms with van der Waals surface area (Å²) in [5, 5.41) is 3.70. The number of nitrogens with zero attached hydrogens (tertiary/aromatic N) is 1. The molecule has 1 N–H and O–H groups in total. The molecule has 1 aliphatic heterocycles. The number of hydrogen-bond donors (Lipinski definition) is 1. The Morgan fingerprint density at radius 1 is 1.18 bits per heavy atom. The SMILES string of the molecule is CCC(CC)NCC(C)N1CCC(C)C(C)C1. The molecule has 0 aromatic carbocycles. The Bertz CT molecular complexity index is 201. The van der Waals surface area contributed by atoms with E-state index in [0.29, 0.717) is 12.1 Å². The zero-order valence-electron chi connectivity index (χ0n) is 12.5. The van der Waals surface area contributed by atoms with Crippen LogP contribution in [0.15, 0.2) is 0 Å². The fraction of sp³-hybridized carbons (Fsp3) is 1.00. The molecule has 1 saturated heterocycles. The molecule has 0 aromatic rings. The van der Waals surface area contributed by atoms with Crippen LogP contribution < -0.4 is 5.32 Å². The van der Waals surface area contributed by atoms with Crippen LogP contribution in [0.4, 0.5) is 0 Å². The van der Waals surface area contributed by atoms with Crippen LogP contribution in [0.5, 0.6) is 0 Å². The van der Waals surface area contributed by atoms with E-state index in [1.165, 1.54) is 32.4 Å². The van der Waals surface area contributed by atoms with Crippen molar-refractivity contribution in [2.45, 2.75) is 66.0 Å².